The monoisotopic (exact) mass is 384 g/mol. The first-order valence-electron chi connectivity index (χ1n) is 10.4. The van der Waals surface area contributed by atoms with E-state index in [4.69, 9.17) is 0 Å². The van der Waals surface area contributed by atoms with Gasteiger partial charge in [0.2, 0.25) is 0 Å². The molecule has 1 unspecified atom stereocenters. The normalized spacial score (nSPS) is 18.6. The largest absolute Gasteiger partial charge is 0.309 e. The minimum absolute atomic E-state index is 0.555. The molecule has 0 bridgehead atoms. The zero-order valence-corrected chi connectivity index (χ0v) is 17.4. The Morgan fingerprint density at radius 1 is 0.966 bits per heavy atom. The molecular weight excluding hydrogens is 352 g/mol. The quantitative estimate of drug-likeness (QED) is 0.548. The molecule has 0 radical (unpaired) electrons. The molecule has 0 N–H and O–H groups in total. The van der Waals surface area contributed by atoms with Crippen molar-refractivity contribution in [2.75, 3.05) is 19.6 Å². The molecule has 1 atom stereocenters. The lowest BCUT2D eigenvalue weighted by atomic mass is 9.94. The van der Waals surface area contributed by atoms with Crippen molar-refractivity contribution in [1.29, 1.82) is 0 Å². The van der Waals surface area contributed by atoms with Crippen molar-refractivity contribution in [1.82, 2.24) is 10.0 Å². The maximum Gasteiger partial charge on any atom is 0.0422 e. The highest BCUT2D eigenvalue weighted by Gasteiger charge is 2.35. The highest BCUT2D eigenvalue weighted by molar-refractivity contribution is 5.54. The predicted octanol–water partition coefficient (Wildman–Crippen LogP) is 4.50. The highest BCUT2D eigenvalue weighted by Crippen LogP contribution is 2.33. The Morgan fingerprint density at radius 3 is 2.31 bits per heavy atom. The molecule has 0 amide bonds. The van der Waals surface area contributed by atoms with Crippen molar-refractivity contribution >= 4 is 11.8 Å². The summed E-state index contributed by atoms with van der Waals surface area (Å²) in [4.78, 5) is 0. The fourth-order valence-electron chi connectivity index (χ4n) is 4.10. The van der Waals surface area contributed by atoms with Crippen molar-refractivity contribution in [2.45, 2.75) is 19.3 Å². The van der Waals surface area contributed by atoms with Gasteiger partial charge in [-0.05, 0) is 24.5 Å². The van der Waals surface area contributed by atoms with Gasteiger partial charge in [-0.2, -0.15) is 0 Å². The van der Waals surface area contributed by atoms with Crippen LogP contribution in [0.5, 0.6) is 0 Å². The van der Waals surface area contributed by atoms with E-state index in [1.807, 2.05) is 12.2 Å². The van der Waals surface area contributed by atoms with E-state index in [9.17, 15) is 0 Å². The van der Waals surface area contributed by atoms with E-state index in [2.05, 4.69) is 78.8 Å². The third-order valence-electron chi connectivity index (χ3n) is 5.57. The lowest BCUT2D eigenvalue weighted by Crippen LogP contribution is -2.41. The van der Waals surface area contributed by atoms with Gasteiger partial charge in [0.25, 0.3) is 0 Å². The summed E-state index contributed by atoms with van der Waals surface area (Å²) in [6.07, 6.45) is 17.0. The summed E-state index contributed by atoms with van der Waals surface area (Å²) >= 11 is 0. The molecule has 2 heteroatoms. The molecule has 1 aromatic rings. The third kappa shape index (κ3) is 5.16. The molecule has 3 rings (SSSR count). The van der Waals surface area contributed by atoms with Gasteiger partial charge in [0.1, 0.15) is 0 Å². The zero-order chi connectivity index (χ0) is 20.6. The van der Waals surface area contributed by atoms with Crippen LogP contribution in [0.15, 0.2) is 98.2 Å². The van der Waals surface area contributed by atoms with Gasteiger partial charge in [0.15, 0.2) is 0 Å². The van der Waals surface area contributed by atoms with Gasteiger partial charge < -0.3 is 5.01 Å². The average molecular weight is 385 g/mol. The molecular formula is C27H32N2. The van der Waals surface area contributed by atoms with E-state index >= 15 is 0 Å². The van der Waals surface area contributed by atoms with Gasteiger partial charge in [-0.3, -0.25) is 0 Å². The molecule has 1 fully saturated rings. The molecule has 0 saturated carbocycles. The second-order valence-electron chi connectivity index (χ2n) is 7.65. The number of hydrogen-bond donors (Lipinski definition) is 0. The first kappa shape index (κ1) is 20.9. The van der Waals surface area contributed by atoms with Crippen molar-refractivity contribution in [3.05, 3.63) is 109 Å². The van der Waals surface area contributed by atoms with Crippen LogP contribution in [-0.2, 0) is 0 Å². The molecule has 0 spiro atoms. The summed E-state index contributed by atoms with van der Waals surface area (Å²) in [5.41, 5.74) is 3.73. The van der Waals surface area contributed by atoms with E-state index in [1.165, 1.54) is 16.1 Å². The van der Waals surface area contributed by atoms with Gasteiger partial charge in [0, 0.05) is 36.5 Å². The summed E-state index contributed by atoms with van der Waals surface area (Å²) in [6.45, 7) is 18.9. The maximum absolute atomic E-state index is 4.21. The second kappa shape index (κ2) is 10.1. The van der Waals surface area contributed by atoms with Crippen molar-refractivity contribution < 1.29 is 0 Å². The molecule has 1 aliphatic heterocycles. The number of rotatable bonds is 10. The van der Waals surface area contributed by atoms with Crippen LogP contribution in [0.1, 0.15) is 19.3 Å². The van der Waals surface area contributed by atoms with Gasteiger partial charge >= 0.3 is 0 Å². The molecule has 1 aliphatic carbocycles. The van der Waals surface area contributed by atoms with Gasteiger partial charge in [-0.25, -0.2) is 5.01 Å². The smallest absolute Gasteiger partial charge is 0.0422 e. The van der Waals surface area contributed by atoms with Crippen molar-refractivity contribution in [2.24, 2.45) is 5.92 Å². The van der Waals surface area contributed by atoms with Crippen molar-refractivity contribution in [3.63, 3.8) is 0 Å². The van der Waals surface area contributed by atoms with Crippen LogP contribution in [0.2, 0.25) is 0 Å². The van der Waals surface area contributed by atoms with E-state index in [0.717, 1.165) is 50.0 Å². The van der Waals surface area contributed by atoms with E-state index in [-0.39, 0.29) is 0 Å². The predicted molar refractivity (Wildman–Crippen MR) is 126 cm³/mol. The Kier molecular flexibility index (Phi) is 7.26. The Morgan fingerprint density at radius 2 is 1.62 bits per heavy atom. The van der Waals surface area contributed by atoms with Crippen molar-refractivity contribution in [3.8, 4) is 0 Å². The molecule has 29 heavy (non-hydrogen) atoms. The van der Waals surface area contributed by atoms with E-state index in [1.54, 1.807) is 12.2 Å². The number of hydrazine groups is 1. The number of allylic oxidation sites excluding steroid dienone is 6. The number of hydrogen-bond acceptors (Lipinski definition) is 2. The Balaban J connectivity index is 1.84. The Labute approximate surface area is 175 Å². The van der Waals surface area contributed by atoms with Gasteiger partial charge in [-0.1, -0.05) is 104 Å². The SMILES string of the molecule is C=CC=CC(=C)CCN1CC2CC=c3ccccc3=C2N1CCC(=C)C=CC=C. The van der Waals surface area contributed by atoms with Gasteiger partial charge in [-0.15, -0.1) is 0 Å². The molecule has 1 aromatic carbocycles. The van der Waals surface area contributed by atoms with Crippen LogP contribution in [-0.4, -0.2) is 29.7 Å². The number of nitrogens with zero attached hydrogens (tertiary/aromatic N) is 2. The lowest BCUT2D eigenvalue weighted by molar-refractivity contribution is 0.0676. The summed E-state index contributed by atoms with van der Waals surface area (Å²) < 4.78 is 0. The van der Waals surface area contributed by atoms with Crippen LogP contribution < -0.4 is 10.4 Å². The maximum atomic E-state index is 4.21. The van der Waals surface area contributed by atoms with Crippen LogP contribution in [0.25, 0.3) is 11.8 Å². The molecule has 0 aromatic heterocycles. The Hall–Kier alpha value is -2.84. The number of fused-ring (bicyclic) bond motifs is 2. The standard InChI is InChI=1S/C27H32N2/c1-5-7-11-22(3)17-19-28-21-25-16-15-24-13-9-10-14-26(24)27(25)29(28)20-18-23(4)12-8-6-2/h5-15,25H,1-4,16-21H2. The molecule has 1 heterocycles. The fourth-order valence-corrected chi connectivity index (χ4v) is 4.10. The average Bonchev–Trinajstić information content (AvgIpc) is 3.11. The van der Waals surface area contributed by atoms with Crippen LogP contribution in [0, 0.1) is 5.92 Å². The third-order valence-corrected chi connectivity index (χ3v) is 5.57. The summed E-state index contributed by atoms with van der Waals surface area (Å²) in [6, 6.07) is 8.77. The second-order valence-corrected chi connectivity index (χ2v) is 7.65. The molecule has 2 aliphatic rings. The summed E-state index contributed by atoms with van der Waals surface area (Å²) in [5, 5.41) is 7.75. The zero-order valence-electron chi connectivity index (χ0n) is 17.4. The van der Waals surface area contributed by atoms with E-state index < -0.39 is 0 Å². The minimum atomic E-state index is 0.555. The minimum Gasteiger partial charge on any atom is -0.309 e. The fraction of sp³-hybridized carbons (Fsp3) is 0.259. The molecule has 150 valence electrons. The first-order chi connectivity index (χ1) is 14.1. The summed E-state index contributed by atoms with van der Waals surface area (Å²) in [5.74, 6) is 0.555. The van der Waals surface area contributed by atoms with Crippen LogP contribution in [0.3, 0.4) is 0 Å². The highest BCUT2D eigenvalue weighted by atomic mass is 15.6. The summed E-state index contributed by atoms with van der Waals surface area (Å²) in [7, 11) is 0. The lowest BCUT2D eigenvalue weighted by Gasteiger charge is -2.31. The number of benzene rings is 1. The topological polar surface area (TPSA) is 6.48 Å². The van der Waals surface area contributed by atoms with E-state index in [0.29, 0.717) is 5.92 Å². The Bertz CT molecular complexity index is 960. The van der Waals surface area contributed by atoms with Gasteiger partial charge in [0.05, 0.1) is 0 Å². The molecule has 1 saturated heterocycles. The first-order valence-corrected chi connectivity index (χ1v) is 10.4. The molecule has 2 nitrogen and oxygen atoms in total. The van der Waals surface area contributed by atoms with Crippen LogP contribution in [0.4, 0.5) is 0 Å². The van der Waals surface area contributed by atoms with Crippen LogP contribution >= 0.6 is 0 Å².